The quantitative estimate of drug-likeness (QED) is 0.704. The number of hydrogen-bond acceptors (Lipinski definition) is 3. The van der Waals surface area contributed by atoms with Crippen LogP contribution in [0.4, 0.5) is 4.39 Å². The topological polar surface area (TPSA) is 72.6 Å². The molecule has 4 rings (SSSR count). The monoisotopic (exact) mass is 438 g/mol. The van der Waals surface area contributed by atoms with Gasteiger partial charge in [-0.2, -0.15) is 0 Å². The number of carbonyl (C=O) groups excluding carboxylic acids is 2. The van der Waals surface area contributed by atoms with Gasteiger partial charge in [0.25, 0.3) is 0 Å². The number of nitrogens with zero attached hydrogens (tertiary/aromatic N) is 1. The Hall–Kier alpha value is -2.89. The zero-order valence-corrected chi connectivity index (χ0v) is 18.4. The van der Waals surface area contributed by atoms with Crippen molar-refractivity contribution in [2.24, 2.45) is 11.1 Å². The van der Waals surface area contributed by atoms with E-state index in [2.05, 4.69) is 0 Å². The third-order valence-corrected chi connectivity index (χ3v) is 7.05. The van der Waals surface area contributed by atoms with Gasteiger partial charge in [-0.05, 0) is 55.5 Å². The molecule has 1 saturated heterocycles. The van der Waals surface area contributed by atoms with Crippen molar-refractivity contribution in [1.29, 1.82) is 0 Å². The first kappa shape index (κ1) is 22.3. The molecule has 2 fully saturated rings. The third kappa shape index (κ3) is 4.64. The number of hydrogen-bond donors (Lipinski definition) is 1. The highest BCUT2D eigenvalue weighted by Crippen LogP contribution is 2.44. The summed E-state index contributed by atoms with van der Waals surface area (Å²) in [5.74, 6) is 0.129. The molecule has 32 heavy (non-hydrogen) atoms. The maximum atomic E-state index is 13.9. The minimum atomic E-state index is -0.621. The number of ether oxygens (including phenoxy) is 1. The lowest BCUT2D eigenvalue weighted by Crippen LogP contribution is -2.54. The van der Waals surface area contributed by atoms with E-state index in [9.17, 15) is 14.0 Å². The summed E-state index contributed by atoms with van der Waals surface area (Å²) in [6.07, 6.45) is 5.20. The van der Waals surface area contributed by atoms with Crippen LogP contribution in [-0.4, -0.2) is 36.4 Å². The summed E-state index contributed by atoms with van der Waals surface area (Å²) < 4.78 is 19.6. The van der Waals surface area contributed by atoms with E-state index in [0.29, 0.717) is 19.7 Å². The zero-order valence-electron chi connectivity index (χ0n) is 18.4. The summed E-state index contributed by atoms with van der Waals surface area (Å²) in [7, 11) is 0. The number of primary amides is 1. The van der Waals surface area contributed by atoms with Crippen LogP contribution in [0.2, 0.25) is 0 Å². The van der Waals surface area contributed by atoms with Crippen molar-refractivity contribution >= 4 is 11.8 Å². The number of benzene rings is 2. The first-order valence-corrected chi connectivity index (χ1v) is 11.4. The average molecular weight is 439 g/mol. The van der Waals surface area contributed by atoms with Gasteiger partial charge in [0, 0.05) is 24.9 Å². The Morgan fingerprint density at radius 1 is 0.969 bits per heavy atom. The number of piperidine rings is 1. The number of amides is 2. The van der Waals surface area contributed by atoms with Crippen LogP contribution in [-0.2, 0) is 15.0 Å². The molecule has 0 aromatic heterocycles. The highest BCUT2D eigenvalue weighted by atomic mass is 19.1. The highest BCUT2D eigenvalue weighted by Gasteiger charge is 2.48. The van der Waals surface area contributed by atoms with E-state index < -0.39 is 10.8 Å². The Morgan fingerprint density at radius 2 is 1.66 bits per heavy atom. The fraction of sp³-hybridized carbons (Fsp3) is 0.462. The molecule has 0 bridgehead atoms. The van der Waals surface area contributed by atoms with Gasteiger partial charge in [0.15, 0.2) is 0 Å². The van der Waals surface area contributed by atoms with E-state index in [1.165, 1.54) is 12.1 Å². The minimum Gasteiger partial charge on any atom is -0.493 e. The van der Waals surface area contributed by atoms with Gasteiger partial charge in [0.1, 0.15) is 11.6 Å². The fourth-order valence-electron chi connectivity index (χ4n) is 5.49. The molecule has 1 atom stereocenters. The Bertz CT molecular complexity index is 941. The summed E-state index contributed by atoms with van der Waals surface area (Å²) in [5.41, 5.74) is 5.36. The van der Waals surface area contributed by atoms with Crippen molar-refractivity contribution in [3.63, 3.8) is 0 Å². The first-order chi connectivity index (χ1) is 15.4. The van der Waals surface area contributed by atoms with Crippen LogP contribution in [0.5, 0.6) is 5.75 Å². The van der Waals surface area contributed by atoms with Gasteiger partial charge in [-0.3, -0.25) is 9.59 Å². The summed E-state index contributed by atoms with van der Waals surface area (Å²) in [6.45, 7) is 1.41. The molecule has 2 aliphatic rings. The number of halogens is 1. The lowest BCUT2D eigenvalue weighted by molar-refractivity contribution is -0.143. The number of likely N-dealkylation sites (tertiary alicyclic amines) is 1. The molecule has 2 N–H and O–H groups in total. The molecule has 1 aliphatic heterocycles. The van der Waals surface area contributed by atoms with Crippen LogP contribution in [0.15, 0.2) is 54.6 Å². The molecule has 2 aromatic rings. The van der Waals surface area contributed by atoms with Gasteiger partial charge in [0.2, 0.25) is 11.8 Å². The number of rotatable bonds is 7. The molecular weight excluding hydrogens is 407 g/mol. The van der Waals surface area contributed by atoms with Crippen LogP contribution in [0.25, 0.3) is 0 Å². The second-order valence-corrected chi connectivity index (χ2v) is 9.37. The van der Waals surface area contributed by atoms with Crippen molar-refractivity contribution in [2.75, 3.05) is 19.7 Å². The van der Waals surface area contributed by atoms with E-state index >= 15 is 0 Å². The predicted molar refractivity (Wildman–Crippen MR) is 121 cm³/mol. The van der Waals surface area contributed by atoms with Crippen LogP contribution in [0.3, 0.4) is 0 Å². The summed E-state index contributed by atoms with van der Waals surface area (Å²) in [4.78, 5) is 27.8. The number of para-hydroxylation sites is 1. The molecule has 2 amide bonds. The molecule has 1 saturated carbocycles. The van der Waals surface area contributed by atoms with Crippen LogP contribution < -0.4 is 10.5 Å². The fourth-order valence-corrected chi connectivity index (χ4v) is 5.49. The Balaban J connectivity index is 1.57. The highest BCUT2D eigenvalue weighted by molar-refractivity contribution is 5.89. The SMILES string of the molecule is NC(=O)CC1(COc2ccccc2)CCCN(C(=O)C2(c3ccc(F)cc3)CCCC2)C1. The lowest BCUT2D eigenvalue weighted by atomic mass is 9.74. The minimum absolute atomic E-state index is 0.0786. The molecule has 170 valence electrons. The van der Waals surface area contributed by atoms with Gasteiger partial charge in [-0.25, -0.2) is 4.39 Å². The van der Waals surface area contributed by atoms with Gasteiger partial charge >= 0.3 is 0 Å². The first-order valence-electron chi connectivity index (χ1n) is 11.4. The van der Waals surface area contributed by atoms with Gasteiger partial charge in [0.05, 0.1) is 12.0 Å². The molecule has 0 radical (unpaired) electrons. The summed E-state index contributed by atoms with van der Waals surface area (Å²) in [6, 6.07) is 15.9. The molecule has 0 spiro atoms. The average Bonchev–Trinajstić information content (AvgIpc) is 3.29. The Morgan fingerprint density at radius 3 is 2.31 bits per heavy atom. The second-order valence-electron chi connectivity index (χ2n) is 9.37. The van der Waals surface area contributed by atoms with E-state index in [4.69, 9.17) is 10.5 Å². The van der Waals surface area contributed by atoms with Gasteiger partial charge < -0.3 is 15.4 Å². The second kappa shape index (κ2) is 9.31. The number of nitrogens with two attached hydrogens (primary N) is 1. The molecular formula is C26H31FN2O3. The number of carbonyl (C=O) groups is 2. The Kier molecular flexibility index (Phi) is 6.49. The molecule has 1 aliphatic carbocycles. The van der Waals surface area contributed by atoms with Gasteiger partial charge in [-0.15, -0.1) is 0 Å². The van der Waals surface area contributed by atoms with E-state index in [-0.39, 0.29) is 24.1 Å². The zero-order chi connectivity index (χ0) is 22.6. The van der Waals surface area contributed by atoms with Crippen molar-refractivity contribution in [1.82, 2.24) is 4.90 Å². The van der Waals surface area contributed by atoms with Crippen molar-refractivity contribution < 1.29 is 18.7 Å². The molecule has 2 aromatic carbocycles. The molecule has 6 heteroatoms. The maximum absolute atomic E-state index is 13.9. The predicted octanol–water partition coefficient (Wildman–Crippen LogP) is 4.20. The smallest absolute Gasteiger partial charge is 0.233 e. The van der Waals surface area contributed by atoms with Crippen LogP contribution in [0.1, 0.15) is 50.5 Å². The molecule has 1 unspecified atom stereocenters. The maximum Gasteiger partial charge on any atom is 0.233 e. The Labute approximate surface area is 188 Å². The molecule has 5 nitrogen and oxygen atoms in total. The van der Waals surface area contributed by atoms with Gasteiger partial charge in [-0.1, -0.05) is 43.2 Å². The van der Waals surface area contributed by atoms with Crippen molar-refractivity contribution in [3.8, 4) is 5.75 Å². The van der Waals surface area contributed by atoms with E-state index in [1.807, 2.05) is 35.2 Å². The normalized spacial score (nSPS) is 22.5. The van der Waals surface area contributed by atoms with E-state index in [0.717, 1.165) is 49.8 Å². The third-order valence-electron chi connectivity index (χ3n) is 7.05. The van der Waals surface area contributed by atoms with Crippen molar-refractivity contribution in [3.05, 3.63) is 66.0 Å². The lowest BCUT2D eigenvalue weighted by Gasteiger charge is -2.45. The van der Waals surface area contributed by atoms with Crippen LogP contribution >= 0.6 is 0 Å². The standard InChI is InChI=1S/C26H31FN2O3/c27-21-11-9-20(10-12-21)26(14-4-5-15-26)24(31)29-16-6-13-25(18-29,17-23(28)30)19-32-22-7-2-1-3-8-22/h1-3,7-12H,4-6,13-19H2,(H2,28,30). The largest absolute Gasteiger partial charge is 0.493 e. The van der Waals surface area contributed by atoms with E-state index in [1.54, 1.807) is 12.1 Å². The summed E-state index contributed by atoms with van der Waals surface area (Å²) >= 11 is 0. The summed E-state index contributed by atoms with van der Waals surface area (Å²) in [5, 5.41) is 0. The van der Waals surface area contributed by atoms with Crippen molar-refractivity contribution in [2.45, 2.75) is 50.4 Å². The van der Waals surface area contributed by atoms with Crippen LogP contribution in [0, 0.1) is 11.2 Å². The molecule has 1 heterocycles.